The number of carbonyl (C=O) groups excluding carboxylic acids is 4. The van der Waals surface area contributed by atoms with Gasteiger partial charge in [-0.2, -0.15) is 0 Å². The molecule has 0 heterocycles. The SMILES string of the molecule is CC(=O)Nc1ccc(OC(C)=O)cc1.CC(=O)Nc1ccc(OC(C)=O)cc1. The molecule has 28 heavy (non-hydrogen) atoms. The predicted molar refractivity (Wildman–Crippen MR) is 104 cm³/mol. The first-order chi connectivity index (χ1) is 13.2. The van der Waals surface area contributed by atoms with Crippen LogP contribution in [0.15, 0.2) is 48.5 Å². The van der Waals surface area contributed by atoms with Crippen molar-refractivity contribution < 1.29 is 28.7 Å². The Morgan fingerprint density at radius 3 is 1.07 bits per heavy atom. The number of nitrogens with one attached hydrogen (secondary N) is 2. The molecule has 0 bridgehead atoms. The Labute approximate surface area is 162 Å². The van der Waals surface area contributed by atoms with Crippen molar-refractivity contribution in [1.82, 2.24) is 0 Å². The normalized spacial score (nSPS) is 9.29. The van der Waals surface area contributed by atoms with Crippen molar-refractivity contribution in [1.29, 1.82) is 0 Å². The molecule has 0 aliphatic rings. The lowest BCUT2D eigenvalue weighted by Gasteiger charge is -2.03. The van der Waals surface area contributed by atoms with Crippen molar-refractivity contribution in [2.45, 2.75) is 27.7 Å². The van der Waals surface area contributed by atoms with E-state index in [1.54, 1.807) is 48.5 Å². The number of hydrogen-bond acceptors (Lipinski definition) is 6. The molecule has 0 atom stereocenters. The summed E-state index contributed by atoms with van der Waals surface area (Å²) in [5.41, 5.74) is 1.35. The van der Waals surface area contributed by atoms with Crippen LogP contribution in [0, 0.1) is 0 Å². The zero-order valence-corrected chi connectivity index (χ0v) is 16.1. The molecule has 0 unspecified atom stereocenters. The fraction of sp³-hybridized carbons (Fsp3) is 0.200. The molecule has 148 valence electrons. The Kier molecular flexibility index (Phi) is 8.88. The summed E-state index contributed by atoms with van der Waals surface area (Å²) >= 11 is 0. The predicted octanol–water partition coefficient (Wildman–Crippen LogP) is 3.14. The highest BCUT2D eigenvalue weighted by Crippen LogP contribution is 2.16. The van der Waals surface area contributed by atoms with Gasteiger partial charge in [0.05, 0.1) is 0 Å². The van der Waals surface area contributed by atoms with Crippen molar-refractivity contribution in [3.63, 3.8) is 0 Å². The van der Waals surface area contributed by atoms with Gasteiger partial charge >= 0.3 is 11.9 Å². The average molecular weight is 386 g/mol. The van der Waals surface area contributed by atoms with Crippen LogP contribution in [0.1, 0.15) is 27.7 Å². The second-order valence-corrected chi connectivity index (χ2v) is 5.60. The molecule has 8 nitrogen and oxygen atoms in total. The molecular weight excluding hydrogens is 364 g/mol. The molecule has 2 rings (SSSR count). The van der Waals surface area contributed by atoms with Crippen LogP contribution >= 0.6 is 0 Å². The van der Waals surface area contributed by atoms with Gasteiger partial charge in [0.2, 0.25) is 11.8 Å². The second-order valence-electron chi connectivity index (χ2n) is 5.60. The number of ether oxygens (including phenoxy) is 2. The lowest BCUT2D eigenvalue weighted by atomic mass is 10.3. The fourth-order valence-electron chi connectivity index (χ4n) is 1.95. The average Bonchev–Trinajstić information content (AvgIpc) is 2.57. The first-order valence-electron chi connectivity index (χ1n) is 8.28. The largest absolute Gasteiger partial charge is 0.427 e. The number of hydrogen-bond donors (Lipinski definition) is 2. The van der Waals surface area contributed by atoms with Crippen molar-refractivity contribution in [3.05, 3.63) is 48.5 Å². The van der Waals surface area contributed by atoms with Gasteiger partial charge in [-0.05, 0) is 48.5 Å². The van der Waals surface area contributed by atoms with E-state index in [9.17, 15) is 19.2 Å². The highest BCUT2D eigenvalue weighted by molar-refractivity contribution is 5.89. The van der Waals surface area contributed by atoms with Crippen LogP contribution in [-0.4, -0.2) is 23.8 Å². The molecule has 8 heteroatoms. The standard InChI is InChI=1S/2C10H11NO3/c2*1-7(12)11-9-3-5-10(6-4-9)14-8(2)13/h2*3-6H,1-2H3,(H,11,12). The number of anilines is 2. The molecule has 0 saturated heterocycles. The van der Waals surface area contributed by atoms with Gasteiger partial charge in [0.15, 0.2) is 0 Å². The Hall–Kier alpha value is -3.68. The lowest BCUT2D eigenvalue weighted by Crippen LogP contribution is -2.06. The summed E-state index contributed by atoms with van der Waals surface area (Å²) in [5, 5.41) is 5.21. The van der Waals surface area contributed by atoms with E-state index in [1.807, 2.05) is 0 Å². The third-order valence-corrected chi connectivity index (χ3v) is 2.87. The Morgan fingerprint density at radius 1 is 0.571 bits per heavy atom. The summed E-state index contributed by atoms with van der Waals surface area (Å²) in [6.07, 6.45) is 0. The highest BCUT2D eigenvalue weighted by Gasteiger charge is 2.00. The van der Waals surface area contributed by atoms with Crippen LogP contribution in [0.25, 0.3) is 0 Å². The van der Waals surface area contributed by atoms with Crippen molar-refractivity contribution in [3.8, 4) is 11.5 Å². The smallest absolute Gasteiger partial charge is 0.308 e. The van der Waals surface area contributed by atoms with Crippen LogP contribution < -0.4 is 20.1 Å². The van der Waals surface area contributed by atoms with Crippen LogP contribution in [0.3, 0.4) is 0 Å². The van der Waals surface area contributed by atoms with E-state index in [1.165, 1.54) is 27.7 Å². The number of benzene rings is 2. The monoisotopic (exact) mass is 386 g/mol. The summed E-state index contributed by atoms with van der Waals surface area (Å²) in [7, 11) is 0. The summed E-state index contributed by atoms with van der Waals surface area (Å²) in [6, 6.07) is 13.1. The first-order valence-corrected chi connectivity index (χ1v) is 8.28. The van der Waals surface area contributed by atoms with Gasteiger partial charge in [0.25, 0.3) is 0 Å². The van der Waals surface area contributed by atoms with Crippen LogP contribution in [-0.2, 0) is 19.2 Å². The third kappa shape index (κ3) is 9.71. The fourth-order valence-corrected chi connectivity index (χ4v) is 1.95. The van der Waals surface area contributed by atoms with E-state index in [2.05, 4.69) is 10.6 Å². The molecule has 0 saturated carbocycles. The summed E-state index contributed by atoms with van der Waals surface area (Å²) < 4.78 is 9.65. The third-order valence-electron chi connectivity index (χ3n) is 2.87. The minimum absolute atomic E-state index is 0.134. The molecule has 0 aliphatic heterocycles. The van der Waals surface area contributed by atoms with Crippen LogP contribution in [0.4, 0.5) is 11.4 Å². The Balaban J connectivity index is 0.000000280. The van der Waals surface area contributed by atoms with Gasteiger partial charge in [-0.3, -0.25) is 19.2 Å². The highest BCUT2D eigenvalue weighted by atomic mass is 16.5. The summed E-state index contributed by atoms with van der Waals surface area (Å²) in [5.74, 6) is -0.0665. The number of rotatable bonds is 4. The van der Waals surface area contributed by atoms with Crippen molar-refractivity contribution >= 4 is 35.1 Å². The molecule has 2 amide bonds. The summed E-state index contributed by atoms with van der Waals surface area (Å²) in [4.78, 5) is 42.5. The topological polar surface area (TPSA) is 111 Å². The molecular formula is C20H22N2O6. The Morgan fingerprint density at radius 2 is 0.857 bits per heavy atom. The molecule has 0 spiro atoms. The van der Waals surface area contributed by atoms with E-state index in [-0.39, 0.29) is 23.8 Å². The minimum atomic E-state index is -0.364. The van der Waals surface area contributed by atoms with E-state index >= 15 is 0 Å². The van der Waals surface area contributed by atoms with E-state index < -0.39 is 0 Å². The van der Waals surface area contributed by atoms with Gasteiger partial charge < -0.3 is 20.1 Å². The molecule has 2 aromatic rings. The van der Waals surface area contributed by atoms with Gasteiger partial charge in [-0.15, -0.1) is 0 Å². The van der Waals surface area contributed by atoms with Gasteiger partial charge in [0.1, 0.15) is 11.5 Å². The van der Waals surface area contributed by atoms with Gasteiger partial charge in [-0.25, -0.2) is 0 Å². The maximum absolute atomic E-state index is 10.7. The maximum Gasteiger partial charge on any atom is 0.308 e. The van der Waals surface area contributed by atoms with Crippen LogP contribution in [0.5, 0.6) is 11.5 Å². The van der Waals surface area contributed by atoms with Crippen molar-refractivity contribution in [2.24, 2.45) is 0 Å². The lowest BCUT2D eigenvalue weighted by molar-refractivity contribution is -0.132. The maximum atomic E-state index is 10.7. The molecule has 0 radical (unpaired) electrons. The molecule has 0 aliphatic carbocycles. The summed E-state index contributed by atoms with van der Waals surface area (Å²) in [6.45, 7) is 5.53. The zero-order chi connectivity index (χ0) is 21.1. The van der Waals surface area contributed by atoms with E-state index in [0.717, 1.165) is 0 Å². The molecule has 2 N–H and O–H groups in total. The molecule has 0 aromatic heterocycles. The van der Waals surface area contributed by atoms with Gasteiger partial charge in [0, 0.05) is 39.1 Å². The minimum Gasteiger partial charge on any atom is -0.427 e. The van der Waals surface area contributed by atoms with Gasteiger partial charge in [-0.1, -0.05) is 0 Å². The number of amides is 2. The molecule has 0 fully saturated rings. The Bertz CT molecular complexity index is 687. The first kappa shape index (κ1) is 22.4. The number of carbonyl (C=O) groups is 4. The second kappa shape index (κ2) is 11.1. The zero-order valence-electron chi connectivity index (χ0n) is 16.1. The van der Waals surface area contributed by atoms with Crippen LogP contribution in [0.2, 0.25) is 0 Å². The van der Waals surface area contributed by atoms with E-state index in [0.29, 0.717) is 22.9 Å². The quantitative estimate of drug-likeness (QED) is 0.617. The molecule has 2 aromatic carbocycles. The van der Waals surface area contributed by atoms with E-state index in [4.69, 9.17) is 9.47 Å². The van der Waals surface area contributed by atoms with Crippen molar-refractivity contribution in [2.75, 3.05) is 10.6 Å². The number of esters is 2.